The summed E-state index contributed by atoms with van der Waals surface area (Å²) in [4.78, 5) is 46.7. The van der Waals surface area contributed by atoms with Crippen molar-refractivity contribution in [1.82, 2.24) is 0 Å². The van der Waals surface area contributed by atoms with Crippen LogP contribution < -0.4 is 0 Å². The second-order valence-corrected chi connectivity index (χ2v) is 21.6. The van der Waals surface area contributed by atoms with Gasteiger partial charge in [0, 0.05) is 31.0 Å². The van der Waals surface area contributed by atoms with Crippen molar-refractivity contribution in [2.75, 3.05) is 34.0 Å². The molecule has 7 N–H and O–H groups in total. The van der Waals surface area contributed by atoms with Gasteiger partial charge in [-0.05, 0) is 23.3 Å². The lowest BCUT2D eigenvalue weighted by atomic mass is 9.82. The smallest absolute Gasteiger partial charge is 0.397 e. The lowest BCUT2D eigenvalue weighted by Crippen LogP contribution is -2.67. The zero-order valence-electron chi connectivity index (χ0n) is 43.5. The molecular weight excluding hydrogens is 1210 g/mol. The fourth-order valence-electron chi connectivity index (χ4n) is 9.54. The molecule has 0 aromatic heterocycles. The topological polar surface area (TPSA) is 548 Å². The molecule has 82 heavy (non-hydrogen) atoms. The van der Waals surface area contributed by atoms with Crippen LogP contribution in [-0.2, 0) is 155 Å². The van der Waals surface area contributed by atoms with Crippen molar-refractivity contribution >= 4 is 44.1 Å². The van der Waals surface area contributed by atoms with Crippen molar-refractivity contribution in [3.8, 4) is 0 Å². The van der Waals surface area contributed by atoms with E-state index >= 15 is 0 Å². The highest BCUT2D eigenvalue weighted by Gasteiger charge is 2.59. The fraction of sp³-hybridized carbons (Fsp3) is 0.946. The molecule has 0 saturated carbocycles. The van der Waals surface area contributed by atoms with Gasteiger partial charge in [-0.25, -0.2) is 33.6 Å². The first-order chi connectivity index (χ1) is 38.7. The summed E-state index contributed by atoms with van der Waals surface area (Å²) in [7, 11) is -13.4. The number of ether oxygens (including phenoxy) is 13. The maximum atomic E-state index is 12.1. The largest absolute Gasteiger partial charge is 0.435 e. The third-order valence-corrected chi connectivity index (χ3v) is 15.1. The van der Waals surface area contributed by atoms with Crippen LogP contribution in [-0.4, -0.2) is 230 Å². The molecule has 42 nitrogen and oxygen atoms in total. The molecule has 45 heteroatoms. The Morgan fingerprint density at radius 2 is 0.841 bits per heavy atom. The minimum absolute atomic E-state index is 0.0561. The predicted molar refractivity (Wildman–Crippen MR) is 241 cm³/mol. The molecule has 0 amide bonds. The van der Waals surface area contributed by atoms with Crippen LogP contribution in [0, 0.1) is 29.6 Å². The number of methoxy groups -OCH3 is 2. The van der Waals surface area contributed by atoms with Crippen LogP contribution in [0.1, 0.15) is 34.6 Å². The van der Waals surface area contributed by atoms with E-state index in [0.717, 1.165) is 14.2 Å². The van der Waals surface area contributed by atoms with Crippen molar-refractivity contribution in [2.24, 2.45) is 34.7 Å². The monoisotopic (exact) mass is 1270 g/mol. The summed E-state index contributed by atoms with van der Waals surface area (Å²) in [5.41, 5.74) is 9.45. The molecule has 25 atom stereocenters. The molecule has 10 unspecified atom stereocenters. The molecule has 5 aliphatic rings. The number of carbonyl (C=O) groups excluding carboxylic acids is 2. The molecule has 5 heterocycles. The van der Waals surface area contributed by atoms with Crippen LogP contribution in [0.15, 0.2) is 5.11 Å². The third kappa shape index (κ3) is 18.2. The van der Waals surface area contributed by atoms with Crippen LogP contribution in [0.25, 0.3) is 10.4 Å². The van der Waals surface area contributed by atoms with Crippen molar-refractivity contribution in [2.45, 2.75) is 158 Å². The van der Waals surface area contributed by atoms with E-state index < -0.39 is 204 Å². The standard InChI is InChI=1S/C37H61N3O39S3/c1-13-14(2)21(39-40-38)33(63-18(13)8-60-80(47,48)49)66-23-15(3)16(4)31(70-35(23)58-11-41)67-25-20(10-62-82(53,54)55)65-37(30(75-79-46)27(25)73-77-44)69-28-22(56-6)17(5)32(71-36(28)59-12-42)68-24-19(9-61-81(50,51)52)64-34(57-7)29(74-78-45)26(24)72-76-43/h11-37,43-46H,8-10H2,1-7H3,(H,47,48,49)(H,50,51,52)(H,53,54,55)/t13-,14-,15+,16?,17?,18?,19?,20-,21?,22?,23-,24+,25+,26-,27?,28-,29?,30?,31+,32+,33+,34-,35?,36+,37+/m0/s1. The molecule has 0 spiro atoms. The number of azide groups is 1. The molecule has 0 bridgehead atoms. The summed E-state index contributed by atoms with van der Waals surface area (Å²) < 4.78 is 188. The number of carbonyl (C=O) groups is 2. The highest BCUT2D eigenvalue weighted by atomic mass is 32.3. The first-order valence-corrected chi connectivity index (χ1v) is 27.7. The molecule has 5 fully saturated rings. The number of hydrogen-bond acceptors (Lipinski definition) is 37. The van der Waals surface area contributed by atoms with Gasteiger partial charge in [-0.3, -0.25) is 23.2 Å². The van der Waals surface area contributed by atoms with Gasteiger partial charge in [-0.1, -0.05) is 59.9 Å². The zero-order chi connectivity index (χ0) is 60.9. The lowest BCUT2D eigenvalue weighted by Gasteiger charge is -2.50. The van der Waals surface area contributed by atoms with Gasteiger partial charge in [0.2, 0.25) is 12.6 Å². The molecule has 0 aliphatic carbocycles. The first-order valence-electron chi connectivity index (χ1n) is 23.6. The fourth-order valence-corrected chi connectivity index (χ4v) is 10.5. The van der Waals surface area contributed by atoms with Crippen LogP contribution >= 0.6 is 0 Å². The van der Waals surface area contributed by atoms with Crippen LogP contribution in [0.5, 0.6) is 0 Å². The summed E-state index contributed by atoms with van der Waals surface area (Å²) >= 11 is 0. The maximum Gasteiger partial charge on any atom is 0.397 e. The van der Waals surface area contributed by atoms with Gasteiger partial charge < -0.3 is 61.6 Å². The van der Waals surface area contributed by atoms with Gasteiger partial charge in [0.1, 0.15) is 36.6 Å². The summed E-state index contributed by atoms with van der Waals surface area (Å²) in [6, 6.07) is -1.13. The van der Waals surface area contributed by atoms with Crippen molar-refractivity contribution in [1.29, 1.82) is 0 Å². The average Bonchev–Trinajstić information content (AvgIpc) is 3.51. The van der Waals surface area contributed by atoms with E-state index in [1.54, 1.807) is 13.8 Å². The molecular formula is C37H61N3O39S3. The summed E-state index contributed by atoms with van der Waals surface area (Å²) in [5, 5.41) is 57.3. The SMILES string of the molecule is COC1C(C)[C@H](O[C@@H]2C(COS(=O)(=O)O)O[C@H](OC)C(OOO)[C@H]2OOO)O[C@@H](OC=O)[C@H]1O[C@H]1O[C@@H](COS(=O)(=O)O)[C@@H](O[C@@H]2OC(OC=O)[C@@H](O[C@H]3OC(COS(=O)(=O)O)[C@@H](C)[C@H](C)C3N=[N+]=[N-])[C@H](C)C2C)C(OOO)C1OOO. The molecule has 476 valence electrons. The molecule has 5 rings (SSSR count). The third-order valence-electron chi connectivity index (χ3n) is 13.8. The summed E-state index contributed by atoms with van der Waals surface area (Å²) in [6.45, 7) is 4.28. The Morgan fingerprint density at radius 3 is 1.28 bits per heavy atom. The van der Waals surface area contributed by atoms with Crippen LogP contribution in [0.3, 0.4) is 0 Å². The first kappa shape index (κ1) is 69.7. The molecule has 5 aliphatic heterocycles. The predicted octanol–water partition coefficient (Wildman–Crippen LogP) is -1.45. The Kier molecular flexibility index (Phi) is 26.8. The Morgan fingerprint density at radius 1 is 0.439 bits per heavy atom. The lowest BCUT2D eigenvalue weighted by molar-refractivity contribution is -0.573. The Bertz CT molecular complexity index is 2380. The number of hydrogen-bond donors (Lipinski definition) is 7. The van der Waals surface area contributed by atoms with Gasteiger partial charge in [0.15, 0.2) is 55.9 Å². The van der Waals surface area contributed by atoms with E-state index in [0.29, 0.717) is 0 Å². The average molecular weight is 1270 g/mol. The minimum atomic E-state index is -5.38. The molecule has 0 aromatic rings. The van der Waals surface area contributed by atoms with E-state index in [-0.39, 0.29) is 12.9 Å². The van der Waals surface area contributed by atoms with E-state index in [1.165, 1.54) is 20.8 Å². The van der Waals surface area contributed by atoms with Crippen molar-refractivity contribution in [3.63, 3.8) is 0 Å². The van der Waals surface area contributed by atoms with E-state index in [4.69, 9.17) is 86.4 Å². The van der Waals surface area contributed by atoms with Crippen LogP contribution in [0.2, 0.25) is 0 Å². The Balaban J connectivity index is 1.47. The minimum Gasteiger partial charge on any atom is -0.435 e. The summed E-state index contributed by atoms with van der Waals surface area (Å²) in [6.07, 6.45) is -34.2. The number of rotatable bonds is 32. The van der Waals surface area contributed by atoms with Crippen molar-refractivity contribution < 1.29 is 183 Å². The van der Waals surface area contributed by atoms with Gasteiger partial charge in [0.25, 0.3) is 12.9 Å². The van der Waals surface area contributed by atoms with E-state index in [2.05, 4.69) is 42.7 Å². The second-order valence-electron chi connectivity index (χ2n) is 18.3. The van der Waals surface area contributed by atoms with Gasteiger partial charge in [-0.2, -0.15) is 44.8 Å². The zero-order valence-corrected chi connectivity index (χ0v) is 45.9. The van der Waals surface area contributed by atoms with Crippen LogP contribution in [0.4, 0.5) is 0 Å². The van der Waals surface area contributed by atoms with Crippen molar-refractivity contribution in [3.05, 3.63) is 10.4 Å². The summed E-state index contributed by atoms with van der Waals surface area (Å²) in [5.74, 6) is -4.34. The quantitative estimate of drug-likeness (QED) is 0.00770. The molecule has 0 radical (unpaired) electrons. The van der Waals surface area contributed by atoms with E-state index in [1.807, 2.05) is 0 Å². The Hall–Kier alpha value is -3.06. The van der Waals surface area contributed by atoms with E-state index in [9.17, 15) is 69.8 Å². The normalized spacial score (nSPS) is 40.3. The maximum absolute atomic E-state index is 12.1. The molecule has 5 saturated heterocycles. The Labute approximate surface area is 463 Å². The second kappa shape index (κ2) is 31.5. The van der Waals surface area contributed by atoms with Gasteiger partial charge >= 0.3 is 31.2 Å². The van der Waals surface area contributed by atoms with Gasteiger partial charge in [-0.15, -0.1) is 0 Å². The number of nitrogens with zero attached hydrogens (tertiary/aromatic N) is 3. The highest BCUT2D eigenvalue weighted by Crippen LogP contribution is 2.43. The highest BCUT2D eigenvalue weighted by molar-refractivity contribution is 7.81. The van der Waals surface area contributed by atoms with Gasteiger partial charge in [0.05, 0.1) is 38.1 Å². The molecule has 0 aromatic carbocycles.